The van der Waals surface area contributed by atoms with E-state index in [0.717, 1.165) is 41.3 Å². The van der Waals surface area contributed by atoms with Crippen molar-refractivity contribution in [2.45, 2.75) is 32.7 Å². The zero-order chi connectivity index (χ0) is 17.6. The Labute approximate surface area is 154 Å². The molecule has 3 rings (SSSR count). The van der Waals surface area contributed by atoms with Crippen LogP contribution in [-0.2, 0) is 11.3 Å². The van der Waals surface area contributed by atoms with E-state index < -0.39 is 0 Å². The molecule has 4 heteroatoms. The lowest BCUT2D eigenvalue weighted by Gasteiger charge is -2.27. The largest absolute Gasteiger partial charge is 0.462 e. The highest BCUT2D eigenvalue weighted by Gasteiger charge is 2.16. The quantitative estimate of drug-likeness (QED) is 0.691. The Morgan fingerprint density at radius 3 is 2.48 bits per heavy atom. The average molecular weight is 358 g/mol. The number of rotatable bonds is 5. The van der Waals surface area contributed by atoms with Gasteiger partial charge < -0.3 is 4.74 Å². The van der Waals surface area contributed by atoms with E-state index in [1.807, 2.05) is 49.4 Å². The molecule has 0 unspecified atom stereocenters. The molecule has 25 heavy (non-hydrogen) atoms. The molecule has 1 aliphatic heterocycles. The van der Waals surface area contributed by atoms with Crippen molar-refractivity contribution in [3.8, 4) is 11.1 Å². The van der Waals surface area contributed by atoms with Gasteiger partial charge in [0.2, 0.25) is 0 Å². The molecule has 1 saturated heterocycles. The van der Waals surface area contributed by atoms with E-state index in [-0.39, 0.29) is 5.97 Å². The van der Waals surface area contributed by atoms with Crippen molar-refractivity contribution < 1.29 is 9.53 Å². The van der Waals surface area contributed by atoms with Crippen LogP contribution in [0.1, 0.15) is 42.1 Å². The fourth-order valence-corrected chi connectivity index (χ4v) is 3.46. The first kappa shape index (κ1) is 18.0. The molecule has 1 fully saturated rings. The predicted molar refractivity (Wildman–Crippen MR) is 102 cm³/mol. The summed E-state index contributed by atoms with van der Waals surface area (Å²) < 4.78 is 5.16. The lowest BCUT2D eigenvalue weighted by atomic mass is 9.96. The number of carbonyl (C=O) groups excluding carboxylic acids is 1. The fraction of sp³-hybridized carbons (Fsp3) is 0.381. The number of piperidine rings is 1. The molecule has 1 aliphatic rings. The SMILES string of the molecule is CCOC(=O)c1ccc(-c2ccc(Cl)cc2)c(CN2CCCCC2)c1. The number of benzene rings is 2. The number of likely N-dealkylation sites (tertiary alicyclic amines) is 1. The topological polar surface area (TPSA) is 29.5 Å². The van der Waals surface area contributed by atoms with Crippen LogP contribution in [-0.4, -0.2) is 30.6 Å². The Balaban J connectivity index is 1.94. The van der Waals surface area contributed by atoms with Gasteiger partial charge in [-0.1, -0.05) is 36.2 Å². The highest BCUT2D eigenvalue weighted by Crippen LogP contribution is 2.28. The normalized spacial score (nSPS) is 15.1. The fourth-order valence-electron chi connectivity index (χ4n) is 3.34. The van der Waals surface area contributed by atoms with E-state index in [0.29, 0.717) is 12.2 Å². The van der Waals surface area contributed by atoms with E-state index in [4.69, 9.17) is 16.3 Å². The van der Waals surface area contributed by atoms with Crippen LogP contribution in [0.5, 0.6) is 0 Å². The van der Waals surface area contributed by atoms with Gasteiger partial charge in [-0.3, -0.25) is 4.90 Å². The molecule has 0 bridgehead atoms. The Morgan fingerprint density at radius 2 is 1.80 bits per heavy atom. The zero-order valence-corrected chi connectivity index (χ0v) is 15.4. The molecule has 3 nitrogen and oxygen atoms in total. The standard InChI is InChI=1S/C21H24ClNO2/c1-2-25-21(24)17-8-11-20(16-6-9-19(22)10-7-16)18(14-17)15-23-12-4-3-5-13-23/h6-11,14H,2-5,12-13,15H2,1H3. The molecule has 0 aliphatic carbocycles. The number of hydrogen-bond donors (Lipinski definition) is 0. The minimum absolute atomic E-state index is 0.259. The van der Waals surface area contributed by atoms with E-state index >= 15 is 0 Å². The number of hydrogen-bond acceptors (Lipinski definition) is 3. The molecule has 0 N–H and O–H groups in total. The Bertz CT molecular complexity index is 721. The molecule has 0 saturated carbocycles. The maximum absolute atomic E-state index is 12.1. The van der Waals surface area contributed by atoms with Gasteiger partial charge in [0, 0.05) is 11.6 Å². The van der Waals surface area contributed by atoms with Crippen LogP contribution >= 0.6 is 11.6 Å². The van der Waals surface area contributed by atoms with Gasteiger partial charge in [0.1, 0.15) is 0 Å². The monoisotopic (exact) mass is 357 g/mol. The summed E-state index contributed by atoms with van der Waals surface area (Å²) >= 11 is 6.03. The van der Waals surface area contributed by atoms with Crippen molar-refractivity contribution >= 4 is 17.6 Å². The van der Waals surface area contributed by atoms with Crippen LogP contribution < -0.4 is 0 Å². The maximum atomic E-state index is 12.1. The van der Waals surface area contributed by atoms with Crippen molar-refractivity contribution in [1.82, 2.24) is 4.90 Å². The summed E-state index contributed by atoms with van der Waals surface area (Å²) in [6, 6.07) is 13.7. The first-order chi connectivity index (χ1) is 12.2. The Morgan fingerprint density at radius 1 is 1.08 bits per heavy atom. The minimum Gasteiger partial charge on any atom is -0.462 e. The second-order valence-corrected chi connectivity index (χ2v) is 6.87. The molecule has 2 aromatic carbocycles. The zero-order valence-electron chi connectivity index (χ0n) is 14.6. The summed E-state index contributed by atoms with van der Waals surface area (Å²) in [6.45, 7) is 5.30. The summed E-state index contributed by atoms with van der Waals surface area (Å²) in [5, 5.41) is 0.726. The number of nitrogens with zero attached hydrogens (tertiary/aromatic N) is 1. The lowest BCUT2D eigenvalue weighted by Crippen LogP contribution is -2.29. The van der Waals surface area contributed by atoms with Crippen LogP contribution in [0.25, 0.3) is 11.1 Å². The van der Waals surface area contributed by atoms with Gasteiger partial charge in [0.25, 0.3) is 0 Å². The first-order valence-corrected chi connectivity index (χ1v) is 9.33. The van der Waals surface area contributed by atoms with Crippen LogP contribution in [0.15, 0.2) is 42.5 Å². The molecule has 132 valence electrons. The van der Waals surface area contributed by atoms with E-state index in [9.17, 15) is 4.79 Å². The number of esters is 1. The van der Waals surface area contributed by atoms with Crippen LogP contribution in [0.3, 0.4) is 0 Å². The van der Waals surface area contributed by atoms with Crippen molar-refractivity contribution in [2.75, 3.05) is 19.7 Å². The molecular weight excluding hydrogens is 334 g/mol. The molecule has 0 radical (unpaired) electrons. The van der Waals surface area contributed by atoms with Crippen molar-refractivity contribution in [3.05, 3.63) is 58.6 Å². The van der Waals surface area contributed by atoms with E-state index in [2.05, 4.69) is 4.90 Å². The van der Waals surface area contributed by atoms with Crippen LogP contribution in [0.2, 0.25) is 5.02 Å². The van der Waals surface area contributed by atoms with Gasteiger partial charge in [0.15, 0.2) is 0 Å². The summed E-state index contributed by atoms with van der Waals surface area (Å²) in [7, 11) is 0. The molecule has 0 aromatic heterocycles. The van der Waals surface area contributed by atoms with Gasteiger partial charge in [-0.05, 0) is 73.8 Å². The molecule has 2 aromatic rings. The third-order valence-corrected chi connectivity index (χ3v) is 4.87. The smallest absolute Gasteiger partial charge is 0.338 e. The first-order valence-electron chi connectivity index (χ1n) is 8.95. The van der Waals surface area contributed by atoms with Gasteiger partial charge in [-0.2, -0.15) is 0 Å². The Kier molecular flexibility index (Phi) is 6.11. The maximum Gasteiger partial charge on any atom is 0.338 e. The molecule has 0 atom stereocenters. The summed E-state index contributed by atoms with van der Waals surface area (Å²) in [4.78, 5) is 14.6. The number of halogens is 1. The summed E-state index contributed by atoms with van der Waals surface area (Å²) in [5.41, 5.74) is 4.04. The highest BCUT2D eigenvalue weighted by atomic mass is 35.5. The number of ether oxygens (including phenoxy) is 1. The predicted octanol–water partition coefficient (Wildman–Crippen LogP) is 5.17. The van der Waals surface area contributed by atoms with Gasteiger partial charge in [-0.25, -0.2) is 4.79 Å². The third kappa shape index (κ3) is 4.62. The molecule has 0 spiro atoms. The van der Waals surface area contributed by atoms with Crippen molar-refractivity contribution in [2.24, 2.45) is 0 Å². The second kappa shape index (κ2) is 8.50. The summed E-state index contributed by atoms with van der Waals surface area (Å²) in [6.07, 6.45) is 3.80. The lowest BCUT2D eigenvalue weighted by molar-refractivity contribution is 0.0526. The Hall–Kier alpha value is -1.84. The molecule has 0 amide bonds. The van der Waals surface area contributed by atoms with Crippen LogP contribution in [0, 0.1) is 0 Å². The highest BCUT2D eigenvalue weighted by molar-refractivity contribution is 6.30. The van der Waals surface area contributed by atoms with E-state index in [1.54, 1.807) is 0 Å². The van der Waals surface area contributed by atoms with Crippen molar-refractivity contribution in [3.63, 3.8) is 0 Å². The van der Waals surface area contributed by atoms with Crippen molar-refractivity contribution in [1.29, 1.82) is 0 Å². The minimum atomic E-state index is -0.259. The third-order valence-electron chi connectivity index (χ3n) is 4.61. The van der Waals surface area contributed by atoms with Gasteiger partial charge in [0.05, 0.1) is 12.2 Å². The second-order valence-electron chi connectivity index (χ2n) is 6.44. The molecular formula is C21H24ClNO2. The van der Waals surface area contributed by atoms with Crippen LogP contribution in [0.4, 0.5) is 0 Å². The summed E-state index contributed by atoms with van der Waals surface area (Å²) in [5.74, 6) is -0.259. The molecule has 1 heterocycles. The average Bonchev–Trinajstić information content (AvgIpc) is 2.64. The van der Waals surface area contributed by atoms with Gasteiger partial charge in [-0.15, -0.1) is 0 Å². The number of carbonyl (C=O) groups is 1. The van der Waals surface area contributed by atoms with Gasteiger partial charge >= 0.3 is 5.97 Å². The van der Waals surface area contributed by atoms with E-state index in [1.165, 1.54) is 19.3 Å².